The largest absolute Gasteiger partial charge is 0.349 e. The molecular weight excluding hydrogens is 398 g/mol. The lowest BCUT2D eigenvalue weighted by molar-refractivity contribution is 0.0928. The third-order valence-corrected chi connectivity index (χ3v) is 6.72. The molecule has 0 radical (unpaired) electrons. The first-order valence-corrected chi connectivity index (χ1v) is 12.1. The number of hydrogen-bond acceptors (Lipinski definition) is 3. The van der Waals surface area contributed by atoms with Crippen LogP contribution in [-0.2, 0) is 6.54 Å². The van der Waals surface area contributed by atoms with Crippen molar-refractivity contribution in [1.29, 1.82) is 0 Å². The van der Waals surface area contributed by atoms with Gasteiger partial charge in [0, 0.05) is 24.7 Å². The van der Waals surface area contributed by atoms with Crippen LogP contribution in [-0.4, -0.2) is 35.8 Å². The van der Waals surface area contributed by atoms with Gasteiger partial charge < -0.3 is 10.6 Å². The van der Waals surface area contributed by atoms with Gasteiger partial charge in [-0.3, -0.25) is 14.5 Å². The number of anilines is 1. The van der Waals surface area contributed by atoms with Gasteiger partial charge in [0.2, 0.25) is 0 Å². The van der Waals surface area contributed by atoms with Crippen molar-refractivity contribution in [1.82, 2.24) is 10.2 Å². The molecule has 2 fully saturated rings. The number of nitrogens with one attached hydrogen (secondary N) is 2. The molecule has 170 valence electrons. The molecule has 5 heteroatoms. The summed E-state index contributed by atoms with van der Waals surface area (Å²) in [5, 5.41) is 6.08. The summed E-state index contributed by atoms with van der Waals surface area (Å²) in [6.45, 7) is 5.53. The van der Waals surface area contributed by atoms with Crippen LogP contribution in [0.3, 0.4) is 0 Å². The summed E-state index contributed by atoms with van der Waals surface area (Å²) in [6, 6.07) is 15.3. The van der Waals surface area contributed by atoms with Crippen LogP contribution in [0.5, 0.6) is 0 Å². The van der Waals surface area contributed by atoms with Gasteiger partial charge in [0.1, 0.15) is 0 Å². The molecule has 1 aliphatic carbocycles. The maximum absolute atomic E-state index is 12.9. The van der Waals surface area contributed by atoms with Gasteiger partial charge >= 0.3 is 0 Å². The first kappa shape index (κ1) is 22.5. The van der Waals surface area contributed by atoms with Crippen molar-refractivity contribution in [3.8, 4) is 0 Å². The third-order valence-electron chi connectivity index (χ3n) is 6.72. The van der Waals surface area contributed by atoms with E-state index in [4.69, 9.17) is 0 Å². The first-order valence-electron chi connectivity index (χ1n) is 12.1. The van der Waals surface area contributed by atoms with Crippen LogP contribution in [0, 0.1) is 5.92 Å². The van der Waals surface area contributed by atoms with E-state index in [9.17, 15) is 9.59 Å². The number of amides is 2. The van der Waals surface area contributed by atoms with E-state index >= 15 is 0 Å². The van der Waals surface area contributed by atoms with E-state index in [2.05, 4.69) is 22.5 Å². The number of benzene rings is 2. The fraction of sp³-hybridized carbons (Fsp3) is 0.481. The second-order valence-electron chi connectivity index (χ2n) is 9.49. The average molecular weight is 434 g/mol. The van der Waals surface area contributed by atoms with Crippen LogP contribution >= 0.6 is 0 Å². The van der Waals surface area contributed by atoms with Crippen molar-refractivity contribution in [2.45, 2.75) is 64.5 Å². The average Bonchev–Trinajstić information content (AvgIpc) is 2.80. The number of rotatable bonds is 6. The fourth-order valence-electron chi connectivity index (χ4n) is 4.94. The molecule has 2 N–H and O–H groups in total. The predicted octanol–water partition coefficient (Wildman–Crippen LogP) is 5.23. The van der Waals surface area contributed by atoms with Gasteiger partial charge in [0.25, 0.3) is 11.8 Å². The molecule has 5 nitrogen and oxygen atoms in total. The van der Waals surface area contributed by atoms with E-state index in [1.54, 1.807) is 12.1 Å². The number of hydrogen-bond donors (Lipinski definition) is 2. The molecule has 1 heterocycles. The van der Waals surface area contributed by atoms with Crippen molar-refractivity contribution < 1.29 is 9.59 Å². The number of piperidine rings is 1. The van der Waals surface area contributed by atoms with Crippen molar-refractivity contribution in [2.75, 3.05) is 18.4 Å². The Bertz CT molecular complexity index is 919. The molecular formula is C27H35N3O2. The highest BCUT2D eigenvalue weighted by Crippen LogP contribution is 2.21. The third kappa shape index (κ3) is 5.98. The molecule has 1 saturated carbocycles. The Hall–Kier alpha value is -2.66. The standard InChI is InChI=1S/C27H35N3O2/c1-20-8-7-17-30(18-20)19-21-13-15-22(16-14-21)26(31)29-25-12-6-5-11-24(25)27(32)28-23-9-3-2-4-10-23/h5-6,11-16,20,23H,2-4,7-10,17-19H2,1H3,(H,28,32)(H,29,31)/t20-/m1/s1. The van der Waals surface area contributed by atoms with Crippen LogP contribution < -0.4 is 10.6 Å². The Kier molecular flexibility index (Phi) is 7.59. The minimum Gasteiger partial charge on any atom is -0.349 e. The number of carbonyl (C=O) groups is 2. The summed E-state index contributed by atoms with van der Waals surface area (Å²) < 4.78 is 0. The lowest BCUT2D eigenvalue weighted by Crippen LogP contribution is -2.36. The summed E-state index contributed by atoms with van der Waals surface area (Å²) in [7, 11) is 0. The van der Waals surface area contributed by atoms with Gasteiger partial charge in [-0.25, -0.2) is 0 Å². The van der Waals surface area contributed by atoms with Crippen LogP contribution in [0.15, 0.2) is 48.5 Å². The Morgan fingerprint density at radius 1 is 0.906 bits per heavy atom. The van der Waals surface area contributed by atoms with E-state index in [-0.39, 0.29) is 17.9 Å². The Morgan fingerprint density at radius 2 is 1.66 bits per heavy atom. The summed E-state index contributed by atoms with van der Waals surface area (Å²) in [6.07, 6.45) is 8.21. The molecule has 2 aromatic carbocycles. The van der Waals surface area contributed by atoms with Gasteiger partial charge in [-0.2, -0.15) is 0 Å². The van der Waals surface area contributed by atoms with Gasteiger partial charge in [-0.05, 0) is 68.0 Å². The molecule has 0 aromatic heterocycles. The molecule has 4 rings (SSSR count). The van der Waals surface area contributed by atoms with Gasteiger partial charge in [-0.1, -0.05) is 50.5 Å². The van der Waals surface area contributed by atoms with E-state index in [1.165, 1.54) is 24.8 Å². The maximum atomic E-state index is 12.9. The van der Waals surface area contributed by atoms with Crippen LogP contribution in [0.4, 0.5) is 5.69 Å². The van der Waals surface area contributed by atoms with Gasteiger partial charge in [0.15, 0.2) is 0 Å². The fourth-order valence-corrected chi connectivity index (χ4v) is 4.94. The van der Waals surface area contributed by atoms with Gasteiger partial charge in [0.05, 0.1) is 11.3 Å². The summed E-state index contributed by atoms with van der Waals surface area (Å²) in [4.78, 5) is 28.2. The smallest absolute Gasteiger partial charge is 0.255 e. The lowest BCUT2D eigenvalue weighted by Gasteiger charge is -2.30. The molecule has 2 aliphatic rings. The highest BCUT2D eigenvalue weighted by molar-refractivity contribution is 6.09. The van der Waals surface area contributed by atoms with Crippen LogP contribution in [0.1, 0.15) is 78.1 Å². The number of nitrogens with zero attached hydrogens (tertiary/aromatic N) is 1. The minimum atomic E-state index is -0.193. The highest BCUT2D eigenvalue weighted by atomic mass is 16.2. The zero-order chi connectivity index (χ0) is 22.3. The SMILES string of the molecule is C[C@@H]1CCCN(Cc2ccc(C(=O)Nc3ccccc3C(=O)NC3CCCCC3)cc2)C1. The molecule has 1 atom stereocenters. The van der Waals surface area contributed by atoms with Crippen molar-refractivity contribution in [3.63, 3.8) is 0 Å². The lowest BCUT2D eigenvalue weighted by atomic mass is 9.95. The molecule has 0 unspecified atom stereocenters. The zero-order valence-electron chi connectivity index (χ0n) is 19.1. The van der Waals surface area contributed by atoms with E-state index in [0.717, 1.165) is 51.2 Å². The first-order chi connectivity index (χ1) is 15.6. The van der Waals surface area contributed by atoms with Crippen molar-refractivity contribution >= 4 is 17.5 Å². The van der Waals surface area contributed by atoms with E-state index in [0.29, 0.717) is 16.8 Å². The molecule has 0 spiro atoms. The molecule has 2 aromatic rings. The van der Waals surface area contributed by atoms with Crippen LogP contribution in [0.2, 0.25) is 0 Å². The Morgan fingerprint density at radius 3 is 2.41 bits per heavy atom. The number of para-hydroxylation sites is 1. The zero-order valence-corrected chi connectivity index (χ0v) is 19.1. The summed E-state index contributed by atoms with van der Waals surface area (Å²) in [5.74, 6) is 0.448. The predicted molar refractivity (Wildman–Crippen MR) is 129 cm³/mol. The molecule has 32 heavy (non-hydrogen) atoms. The highest BCUT2D eigenvalue weighted by Gasteiger charge is 2.20. The van der Waals surface area contributed by atoms with Crippen LogP contribution in [0.25, 0.3) is 0 Å². The Labute approximate surface area is 191 Å². The number of likely N-dealkylation sites (tertiary alicyclic amines) is 1. The number of carbonyl (C=O) groups excluding carboxylic acids is 2. The normalized spacial score (nSPS) is 20.0. The molecule has 2 amide bonds. The molecule has 1 aliphatic heterocycles. The topological polar surface area (TPSA) is 61.4 Å². The summed E-state index contributed by atoms with van der Waals surface area (Å²) >= 11 is 0. The second-order valence-corrected chi connectivity index (χ2v) is 9.49. The van der Waals surface area contributed by atoms with E-state index in [1.807, 2.05) is 36.4 Å². The minimum absolute atomic E-state index is 0.112. The van der Waals surface area contributed by atoms with E-state index < -0.39 is 0 Å². The second kappa shape index (κ2) is 10.8. The molecule has 0 bridgehead atoms. The quantitative estimate of drug-likeness (QED) is 0.655. The van der Waals surface area contributed by atoms with Crippen molar-refractivity contribution in [3.05, 3.63) is 65.2 Å². The Balaban J connectivity index is 1.37. The maximum Gasteiger partial charge on any atom is 0.255 e. The monoisotopic (exact) mass is 433 g/mol. The van der Waals surface area contributed by atoms with Gasteiger partial charge in [-0.15, -0.1) is 0 Å². The summed E-state index contributed by atoms with van der Waals surface area (Å²) in [5.41, 5.74) is 2.89. The molecule has 1 saturated heterocycles. The van der Waals surface area contributed by atoms with Crippen molar-refractivity contribution in [2.24, 2.45) is 5.92 Å².